The molecule has 3 nitrogen and oxygen atoms in total. The van der Waals surface area contributed by atoms with E-state index < -0.39 is 11.8 Å². The lowest BCUT2D eigenvalue weighted by Gasteiger charge is -1.96. The standard InChI is InChI=1S/C11H8FNO2/c12-10-5-4-8(9(6-10)7-13)2-1-3-11(14)15/h1-2,4-6H,3H2,(H,14,15). The first-order chi connectivity index (χ1) is 7.13. The van der Waals surface area contributed by atoms with Gasteiger partial charge in [-0.2, -0.15) is 5.26 Å². The Hall–Kier alpha value is -2.15. The molecule has 15 heavy (non-hydrogen) atoms. The molecule has 4 heteroatoms. The molecule has 0 saturated carbocycles. The van der Waals surface area contributed by atoms with E-state index in [2.05, 4.69) is 0 Å². The molecule has 0 spiro atoms. The van der Waals surface area contributed by atoms with Gasteiger partial charge in [-0.3, -0.25) is 4.79 Å². The quantitative estimate of drug-likeness (QED) is 0.822. The Bertz CT molecular complexity index is 446. The molecule has 1 aromatic carbocycles. The average Bonchev–Trinajstić information content (AvgIpc) is 2.19. The summed E-state index contributed by atoms with van der Waals surface area (Å²) in [4.78, 5) is 10.2. The van der Waals surface area contributed by atoms with E-state index in [1.807, 2.05) is 6.07 Å². The number of carbonyl (C=O) groups is 1. The zero-order chi connectivity index (χ0) is 11.3. The van der Waals surface area contributed by atoms with Crippen LogP contribution in [0.2, 0.25) is 0 Å². The van der Waals surface area contributed by atoms with Crippen molar-refractivity contribution < 1.29 is 14.3 Å². The minimum Gasteiger partial charge on any atom is -0.481 e. The maximum absolute atomic E-state index is 12.7. The van der Waals surface area contributed by atoms with E-state index in [4.69, 9.17) is 10.4 Å². The third-order valence-electron chi connectivity index (χ3n) is 1.73. The fourth-order valence-corrected chi connectivity index (χ4v) is 1.06. The molecule has 0 aliphatic rings. The molecular formula is C11H8FNO2. The minimum absolute atomic E-state index is 0.123. The van der Waals surface area contributed by atoms with E-state index in [0.717, 1.165) is 6.07 Å². The predicted octanol–water partition coefficient (Wildman–Crippen LogP) is 2.19. The molecule has 0 saturated heterocycles. The Kier molecular flexibility index (Phi) is 3.58. The first kappa shape index (κ1) is 10.9. The van der Waals surface area contributed by atoms with Crippen molar-refractivity contribution >= 4 is 12.0 Å². The summed E-state index contributed by atoms with van der Waals surface area (Å²) in [5.74, 6) is -1.44. The second kappa shape index (κ2) is 4.91. The van der Waals surface area contributed by atoms with Crippen molar-refractivity contribution in [1.82, 2.24) is 0 Å². The molecule has 0 unspecified atom stereocenters. The second-order valence-electron chi connectivity index (χ2n) is 2.84. The van der Waals surface area contributed by atoms with Crippen molar-refractivity contribution in [2.24, 2.45) is 0 Å². The van der Waals surface area contributed by atoms with Crippen LogP contribution in [-0.4, -0.2) is 11.1 Å². The van der Waals surface area contributed by atoms with Crippen LogP contribution in [0.15, 0.2) is 24.3 Å². The Labute approximate surface area is 86.1 Å². The van der Waals surface area contributed by atoms with Gasteiger partial charge in [0.1, 0.15) is 5.82 Å². The first-order valence-electron chi connectivity index (χ1n) is 4.21. The van der Waals surface area contributed by atoms with E-state index in [1.165, 1.54) is 24.3 Å². The molecule has 1 N–H and O–H groups in total. The van der Waals surface area contributed by atoms with Crippen LogP contribution in [0.4, 0.5) is 4.39 Å². The molecular weight excluding hydrogens is 197 g/mol. The number of benzene rings is 1. The highest BCUT2D eigenvalue weighted by Gasteiger charge is 2.00. The SMILES string of the molecule is N#Cc1cc(F)ccc1C=CCC(=O)O. The number of nitrogens with zero attached hydrogens (tertiary/aromatic N) is 1. The van der Waals surface area contributed by atoms with Gasteiger partial charge in [-0.1, -0.05) is 18.2 Å². The first-order valence-corrected chi connectivity index (χ1v) is 4.21. The normalized spacial score (nSPS) is 10.1. The van der Waals surface area contributed by atoms with Gasteiger partial charge >= 0.3 is 5.97 Å². The van der Waals surface area contributed by atoms with Crippen molar-refractivity contribution in [3.05, 3.63) is 41.2 Å². The van der Waals surface area contributed by atoms with E-state index >= 15 is 0 Å². The number of nitriles is 1. The molecule has 0 aliphatic carbocycles. The number of rotatable bonds is 3. The maximum Gasteiger partial charge on any atom is 0.307 e. The Balaban J connectivity index is 2.91. The Morgan fingerprint density at radius 1 is 1.60 bits per heavy atom. The van der Waals surface area contributed by atoms with Crippen molar-refractivity contribution in [3.8, 4) is 6.07 Å². The monoisotopic (exact) mass is 205 g/mol. The van der Waals surface area contributed by atoms with Gasteiger partial charge in [0.05, 0.1) is 18.1 Å². The Morgan fingerprint density at radius 3 is 2.93 bits per heavy atom. The summed E-state index contributed by atoms with van der Waals surface area (Å²) >= 11 is 0. The molecule has 0 aliphatic heterocycles. The smallest absolute Gasteiger partial charge is 0.307 e. The topological polar surface area (TPSA) is 61.1 Å². The highest BCUT2D eigenvalue weighted by molar-refractivity contribution is 5.71. The number of carboxylic acid groups (broad SMARTS) is 1. The lowest BCUT2D eigenvalue weighted by Crippen LogP contribution is -1.90. The zero-order valence-electron chi connectivity index (χ0n) is 7.77. The molecule has 0 aromatic heterocycles. The third-order valence-corrected chi connectivity index (χ3v) is 1.73. The van der Waals surface area contributed by atoms with Crippen LogP contribution < -0.4 is 0 Å². The van der Waals surface area contributed by atoms with Crippen LogP contribution in [0, 0.1) is 17.1 Å². The fraction of sp³-hybridized carbons (Fsp3) is 0.0909. The summed E-state index contributed by atoms with van der Waals surface area (Å²) in [6.45, 7) is 0. The fourth-order valence-electron chi connectivity index (χ4n) is 1.06. The molecule has 0 radical (unpaired) electrons. The number of hydrogen-bond acceptors (Lipinski definition) is 2. The van der Waals surface area contributed by atoms with Gasteiger partial charge in [-0.25, -0.2) is 4.39 Å². The molecule has 76 valence electrons. The predicted molar refractivity (Wildman–Crippen MR) is 52.4 cm³/mol. The number of aliphatic carboxylic acids is 1. The maximum atomic E-state index is 12.7. The number of carboxylic acids is 1. The average molecular weight is 205 g/mol. The molecule has 0 fully saturated rings. The van der Waals surface area contributed by atoms with Crippen LogP contribution in [0.25, 0.3) is 6.08 Å². The van der Waals surface area contributed by atoms with Gasteiger partial charge in [0.25, 0.3) is 0 Å². The van der Waals surface area contributed by atoms with Gasteiger partial charge in [0.15, 0.2) is 0 Å². The number of halogens is 1. The highest BCUT2D eigenvalue weighted by Crippen LogP contribution is 2.12. The van der Waals surface area contributed by atoms with E-state index in [9.17, 15) is 9.18 Å². The highest BCUT2D eigenvalue weighted by atomic mass is 19.1. The second-order valence-corrected chi connectivity index (χ2v) is 2.84. The number of hydrogen-bond donors (Lipinski definition) is 1. The van der Waals surface area contributed by atoms with Crippen molar-refractivity contribution in [2.45, 2.75) is 6.42 Å². The summed E-state index contributed by atoms with van der Waals surface area (Å²) in [6, 6.07) is 5.61. The molecule has 1 aromatic rings. The summed E-state index contributed by atoms with van der Waals surface area (Å²) < 4.78 is 12.7. The summed E-state index contributed by atoms with van der Waals surface area (Å²) in [5, 5.41) is 17.1. The molecule has 0 atom stereocenters. The van der Waals surface area contributed by atoms with Crippen molar-refractivity contribution in [2.75, 3.05) is 0 Å². The van der Waals surface area contributed by atoms with Gasteiger partial charge < -0.3 is 5.11 Å². The lowest BCUT2D eigenvalue weighted by atomic mass is 10.1. The van der Waals surface area contributed by atoms with E-state index in [0.29, 0.717) is 5.56 Å². The van der Waals surface area contributed by atoms with Gasteiger partial charge in [0.2, 0.25) is 0 Å². The summed E-state index contributed by atoms with van der Waals surface area (Å²) in [5.41, 5.74) is 0.705. The molecule has 0 bridgehead atoms. The molecule has 0 heterocycles. The molecule has 1 rings (SSSR count). The van der Waals surface area contributed by atoms with Gasteiger partial charge in [-0.15, -0.1) is 0 Å². The van der Waals surface area contributed by atoms with Crippen LogP contribution in [0.1, 0.15) is 17.5 Å². The van der Waals surface area contributed by atoms with Crippen molar-refractivity contribution in [1.29, 1.82) is 5.26 Å². The van der Waals surface area contributed by atoms with E-state index in [-0.39, 0.29) is 12.0 Å². The largest absolute Gasteiger partial charge is 0.481 e. The van der Waals surface area contributed by atoms with Gasteiger partial charge in [-0.05, 0) is 17.7 Å². The summed E-state index contributed by atoms with van der Waals surface area (Å²) in [6.07, 6.45) is 2.78. The zero-order valence-corrected chi connectivity index (χ0v) is 7.77. The summed E-state index contributed by atoms with van der Waals surface area (Å²) in [7, 11) is 0. The Morgan fingerprint density at radius 2 is 2.33 bits per heavy atom. The van der Waals surface area contributed by atoms with Gasteiger partial charge in [0, 0.05) is 0 Å². The van der Waals surface area contributed by atoms with Crippen LogP contribution in [-0.2, 0) is 4.79 Å². The van der Waals surface area contributed by atoms with Crippen molar-refractivity contribution in [3.63, 3.8) is 0 Å². The lowest BCUT2D eigenvalue weighted by molar-refractivity contribution is -0.135. The van der Waals surface area contributed by atoms with Crippen LogP contribution in [0.5, 0.6) is 0 Å². The molecule has 0 amide bonds. The minimum atomic E-state index is -0.952. The van der Waals surface area contributed by atoms with Crippen LogP contribution in [0.3, 0.4) is 0 Å². The van der Waals surface area contributed by atoms with Crippen LogP contribution >= 0.6 is 0 Å². The van der Waals surface area contributed by atoms with E-state index in [1.54, 1.807) is 0 Å². The third kappa shape index (κ3) is 3.24.